The van der Waals surface area contributed by atoms with Crippen molar-refractivity contribution in [1.29, 1.82) is 0 Å². The van der Waals surface area contributed by atoms with Gasteiger partial charge in [0.2, 0.25) is 5.91 Å². The normalized spacial score (nSPS) is 34.2. The molecule has 21 nitrogen and oxygen atoms in total. The second-order valence-corrected chi connectivity index (χ2v) is 14.1. The van der Waals surface area contributed by atoms with E-state index in [4.69, 9.17) is 37.9 Å². The van der Waals surface area contributed by atoms with Gasteiger partial charge in [0.25, 0.3) is 0 Å². The van der Waals surface area contributed by atoms with Gasteiger partial charge in [0.15, 0.2) is 24.7 Å². The maximum Gasteiger partial charge on any atom is 0.308 e. The summed E-state index contributed by atoms with van der Waals surface area (Å²) >= 11 is 0. The zero-order valence-corrected chi connectivity index (χ0v) is 31.5. The van der Waals surface area contributed by atoms with E-state index in [0.717, 1.165) is 6.92 Å². The number of aliphatic hydroxyl groups is 8. The maximum atomic E-state index is 12.4. The second kappa shape index (κ2) is 21.8. The quantitative estimate of drug-likeness (QED) is 0.0471. The monoisotopic (exact) mass is 819 g/mol. The molecular formula is C36H53NO20. The van der Waals surface area contributed by atoms with Crippen LogP contribution in [0.3, 0.4) is 0 Å². The Labute approximate surface area is 327 Å². The minimum atomic E-state index is -2.09. The minimum absolute atomic E-state index is 0.135. The average molecular weight is 820 g/mol. The van der Waals surface area contributed by atoms with Crippen molar-refractivity contribution in [2.75, 3.05) is 19.8 Å². The number of carbonyl (C=O) groups excluding carboxylic acids is 4. The van der Waals surface area contributed by atoms with E-state index in [0.29, 0.717) is 11.8 Å². The molecule has 3 fully saturated rings. The average Bonchev–Trinajstić information content (AvgIpc) is 3.18. The van der Waals surface area contributed by atoms with E-state index >= 15 is 0 Å². The first kappa shape index (κ1) is 46.6. The fourth-order valence-electron chi connectivity index (χ4n) is 6.47. The van der Waals surface area contributed by atoms with Crippen LogP contribution in [0.5, 0.6) is 0 Å². The number of amides is 1. The molecule has 3 aliphatic heterocycles. The van der Waals surface area contributed by atoms with Crippen LogP contribution in [0.1, 0.15) is 39.2 Å². The van der Waals surface area contributed by atoms with Gasteiger partial charge in [0.05, 0.1) is 37.9 Å². The smallest absolute Gasteiger partial charge is 0.308 e. The topological polar surface area (TPSA) is 316 Å². The van der Waals surface area contributed by atoms with E-state index in [9.17, 15) is 60.0 Å². The molecule has 3 aliphatic rings. The molecule has 16 atom stereocenters. The molecule has 0 radical (unpaired) electrons. The molecule has 57 heavy (non-hydrogen) atoms. The molecule has 0 spiro atoms. The van der Waals surface area contributed by atoms with Crippen molar-refractivity contribution in [3.63, 3.8) is 0 Å². The Morgan fingerprint density at radius 1 is 0.930 bits per heavy atom. The zero-order valence-electron chi connectivity index (χ0n) is 31.5. The predicted octanol–water partition coefficient (Wildman–Crippen LogP) is -4.31. The highest BCUT2D eigenvalue weighted by molar-refractivity contribution is 5.85. The van der Waals surface area contributed by atoms with E-state index in [1.807, 2.05) is 0 Å². The number of aldehydes is 1. The minimum Gasteiger partial charge on any atom is -0.461 e. The Morgan fingerprint density at radius 3 is 2.25 bits per heavy atom. The molecule has 1 aromatic rings. The van der Waals surface area contributed by atoms with Crippen molar-refractivity contribution in [3.05, 3.63) is 35.9 Å². The van der Waals surface area contributed by atoms with Crippen LogP contribution in [-0.2, 0) is 63.7 Å². The Bertz CT molecular complexity index is 1440. The predicted molar refractivity (Wildman–Crippen MR) is 186 cm³/mol. The van der Waals surface area contributed by atoms with Crippen molar-refractivity contribution in [3.8, 4) is 0 Å². The maximum absolute atomic E-state index is 12.4. The van der Waals surface area contributed by atoms with Gasteiger partial charge in [-0.1, -0.05) is 30.3 Å². The number of ether oxygens (including phenoxy) is 8. The second-order valence-electron chi connectivity index (χ2n) is 14.1. The van der Waals surface area contributed by atoms with Gasteiger partial charge in [-0.3, -0.25) is 14.4 Å². The molecule has 322 valence electrons. The first-order chi connectivity index (χ1) is 27.1. The van der Waals surface area contributed by atoms with Crippen LogP contribution in [0.25, 0.3) is 0 Å². The molecule has 0 aromatic heterocycles. The van der Waals surface area contributed by atoms with E-state index < -0.39 is 148 Å². The van der Waals surface area contributed by atoms with E-state index in [1.54, 1.807) is 44.2 Å². The first-order valence-corrected chi connectivity index (χ1v) is 18.4. The van der Waals surface area contributed by atoms with Gasteiger partial charge in [-0.2, -0.15) is 0 Å². The summed E-state index contributed by atoms with van der Waals surface area (Å²) in [6.45, 7) is 1.89. The van der Waals surface area contributed by atoms with Crippen LogP contribution in [0, 0.1) is 0 Å². The number of nitrogens with one attached hydrogen (secondary N) is 1. The molecule has 1 aromatic carbocycles. The summed E-state index contributed by atoms with van der Waals surface area (Å²) in [5, 5.41) is 88.3. The Kier molecular flexibility index (Phi) is 17.8. The fourth-order valence-corrected chi connectivity index (χ4v) is 6.47. The van der Waals surface area contributed by atoms with Crippen LogP contribution in [-0.4, -0.2) is 189 Å². The number of hydrogen-bond acceptors (Lipinski definition) is 20. The Balaban J connectivity index is 1.48. The van der Waals surface area contributed by atoms with Crippen LogP contribution in [0.15, 0.2) is 30.3 Å². The van der Waals surface area contributed by atoms with Crippen LogP contribution in [0.2, 0.25) is 0 Å². The number of Topliss-reactive ketones (excluding diaryl/α,β-unsaturated/α-hetero) is 1. The highest BCUT2D eigenvalue weighted by atomic mass is 16.7. The SMILES string of the molecule is CC(=O)NC1C(O)[C@H](O[C@@H]2OCC(=O)C(OC(C)C)C2O)C(CO)O[C@H]1OC1CC(C=O)O[C@@H](O[C@H](C(O)CO)C(O)C(O)CC(=O)OCc2ccccc2)C1O. The van der Waals surface area contributed by atoms with Gasteiger partial charge < -0.3 is 88.9 Å². The molecule has 0 aliphatic carbocycles. The molecule has 0 saturated carbocycles. The molecule has 3 heterocycles. The first-order valence-electron chi connectivity index (χ1n) is 18.4. The molecule has 0 bridgehead atoms. The van der Waals surface area contributed by atoms with E-state index in [-0.39, 0.29) is 13.0 Å². The lowest BCUT2D eigenvalue weighted by Crippen LogP contribution is -2.68. The summed E-state index contributed by atoms with van der Waals surface area (Å²) in [5.41, 5.74) is 0.651. The summed E-state index contributed by atoms with van der Waals surface area (Å²) in [5.74, 6) is -2.18. The number of hydrogen-bond donors (Lipinski definition) is 9. The largest absolute Gasteiger partial charge is 0.461 e. The molecular weight excluding hydrogens is 766 g/mol. The third kappa shape index (κ3) is 12.5. The molecule has 9 N–H and O–H groups in total. The number of aliphatic hydroxyl groups excluding tert-OH is 8. The zero-order chi connectivity index (χ0) is 42.0. The number of carbonyl (C=O) groups is 4. The lowest BCUT2D eigenvalue weighted by atomic mass is 9.95. The lowest BCUT2D eigenvalue weighted by Gasteiger charge is -2.48. The standard InChI is InChI=1S/C36H53NO20/c1-16(2)52-32-22(44)15-51-35(30(32)49)57-33-24(13-40)55-34(26(29(33)48)37-17(3)41)54-23-9-19(11-38)53-36(28(23)47)56-31(21(43)12-39)27(46)20(42)10-25(45)50-14-18-7-5-4-6-8-18/h4-8,11,16,19-21,23-24,26-36,39-40,42-43,46-49H,9-10,12-15H2,1-3H3,(H,37,41)/t19?,20?,21?,23?,24?,26?,27?,28?,29?,30?,31-,32?,33-,34-,35+,36+/m1/s1. The molecule has 21 heteroatoms. The summed E-state index contributed by atoms with van der Waals surface area (Å²) in [4.78, 5) is 49.1. The number of benzene rings is 1. The summed E-state index contributed by atoms with van der Waals surface area (Å²) in [6.07, 6.45) is -26.8. The van der Waals surface area contributed by atoms with Gasteiger partial charge in [-0.15, -0.1) is 0 Å². The van der Waals surface area contributed by atoms with Gasteiger partial charge in [0, 0.05) is 13.3 Å². The van der Waals surface area contributed by atoms with Gasteiger partial charge in [0.1, 0.15) is 86.6 Å². The summed E-state index contributed by atoms with van der Waals surface area (Å²) < 4.78 is 44.8. The highest BCUT2D eigenvalue weighted by Crippen LogP contribution is 2.32. The van der Waals surface area contributed by atoms with E-state index in [1.165, 1.54) is 0 Å². The number of rotatable bonds is 19. The van der Waals surface area contributed by atoms with Crippen molar-refractivity contribution in [2.24, 2.45) is 0 Å². The van der Waals surface area contributed by atoms with Crippen LogP contribution < -0.4 is 5.32 Å². The van der Waals surface area contributed by atoms with Crippen LogP contribution in [0.4, 0.5) is 0 Å². The molecule has 1 amide bonds. The Hall–Kier alpha value is -3.10. The Morgan fingerprint density at radius 2 is 1.63 bits per heavy atom. The number of ketones is 1. The van der Waals surface area contributed by atoms with Crippen LogP contribution >= 0.6 is 0 Å². The molecule has 4 rings (SSSR count). The van der Waals surface area contributed by atoms with E-state index in [2.05, 4.69) is 5.32 Å². The van der Waals surface area contributed by atoms with Crippen molar-refractivity contribution < 1.29 is 97.9 Å². The number of esters is 1. The molecule has 11 unspecified atom stereocenters. The highest BCUT2D eigenvalue weighted by Gasteiger charge is 2.52. The summed E-state index contributed by atoms with van der Waals surface area (Å²) in [6, 6.07) is 7.09. The summed E-state index contributed by atoms with van der Waals surface area (Å²) in [7, 11) is 0. The fraction of sp³-hybridized carbons (Fsp3) is 0.722. The van der Waals surface area contributed by atoms with Crippen molar-refractivity contribution in [2.45, 2.75) is 144 Å². The third-order valence-electron chi connectivity index (χ3n) is 9.33. The van der Waals surface area contributed by atoms with Gasteiger partial charge in [-0.05, 0) is 19.4 Å². The third-order valence-corrected chi connectivity index (χ3v) is 9.33. The van der Waals surface area contributed by atoms with Gasteiger partial charge in [-0.25, -0.2) is 0 Å². The lowest BCUT2D eigenvalue weighted by molar-refractivity contribution is -0.348. The van der Waals surface area contributed by atoms with Crippen molar-refractivity contribution in [1.82, 2.24) is 5.32 Å². The molecule has 3 saturated heterocycles. The van der Waals surface area contributed by atoms with Crippen molar-refractivity contribution >= 4 is 23.9 Å². The van der Waals surface area contributed by atoms with Gasteiger partial charge >= 0.3 is 5.97 Å².